The van der Waals surface area contributed by atoms with Crippen LogP contribution in [0.2, 0.25) is 0 Å². The maximum Gasteiger partial charge on any atom is 0.341 e. The lowest BCUT2D eigenvalue weighted by atomic mass is 10.0. The molecule has 8 nitrogen and oxygen atoms in total. The van der Waals surface area contributed by atoms with Crippen LogP contribution in [0.3, 0.4) is 0 Å². The lowest BCUT2D eigenvalue weighted by molar-refractivity contribution is 0.0692. The molecule has 2 fully saturated rings. The number of aromatic carboxylic acids is 1. The fourth-order valence-corrected chi connectivity index (χ4v) is 6.27. The summed E-state index contributed by atoms with van der Waals surface area (Å²) in [6.45, 7) is 7.01. The number of hydrogen-bond donors (Lipinski definition) is 2. The van der Waals surface area contributed by atoms with Crippen LogP contribution in [-0.4, -0.2) is 68.6 Å². The number of carbonyl (C=O) groups is 1. The van der Waals surface area contributed by atoms with Crippen molar-refractivity contribution in [1.29, 1.82) is 0 Å². The van der Waals surface area contributed by atoms with Crippen molar-refractivity contribution in [2.45, 2.75) is 30.7 Å². The summed E-state index contributed by atoms with van der Waals surface area (Å²) in [5.41, 5.74) is 0.901. The van der Waals surface area contributed by atoms with E-state index in [4.69, 9.17) is 4.74 Å². The summed E-state index contributed by atoms with van der Waals surface area (Å²) >= 11 is 0. The SMILES string of the molecule is CCN1CCN(Cc2cc(F)ccc2S(=O)(=O)Nc2ccc3c(c2C(=O)O)OCC2CC32)CC1. The zero-order chi connectivity index (χ0) is 24.0. The summed E-state index contributed by atoms with van der Waals surface area (Å²) in [7, 11) is -4.19. The molecule has 1 saturated carbocycles. The van der Waals surface area contributed by atoms with Crippen molar-refractivity contribution in [2.75, 3.05) is 44.1 Å². The predicted molar refractivity (Wildman–Crippen MR) is 124 cm³/mol. The van der Waals surface area contributed by atoms with Crippen molar-refractivity contribution in [3.63, 3.8) is 0 Å². The maximum atomic E-state index is 14.1. The molecule has 0 bridgehead atoms. The molecule has 0 spiro atoms. The van der Waals surface area contributed by atoms with Crippen LogP contribution in [0, 0.1) is 11.7 Å². The van der Waals surface area contributed by atoms with Crippen LogP contribution in [0.4, 0.5) is 10.1 Å². The van der Waals surface area contributed by atoms with Gasteiger partial charge in [0.1, 0.15) is 17.1 Å². The van der Waals surface area contributed by atoms with Crippen LogP contribution >= 0.6 is 0 Å². The van der Waals surface area contributed by atoms with E-state index in [-0.39, 0.29) is 34.4 Å². The molecule has 2 unspecified atom stereocenters. The molecule has 3 aliphatic rings. The topological polar surface area (TPSA) is 99.2 Å². The van der Waals surface area contributed by atoms with Crippen molar-refractivity contribution in [1.82, 2.24) is 9.80 Å². The van der Waals surface area contributed by atoms with E-state index < -0.39 is 21.8 Å². The molecule has 2 aromatic rings. The number of sulfonamides is 1. The third kappa shape index (κ3) is 4.37. The van der Waals surface area contributed by atoms with Gasteiger partial charge in [0.05, 0.1) is 17.2 Å². The highest BCUT2D eigenvalue weighted by molar-refractivity contribution is 7.92. The Bertz CT molecular complexity index is 1230. The number of carboxylic acid groups (broad SMARTS) is 1. The van der Waals surface area contributed by atoms with Crippen LogP contribution in [-0.2, 0) is 16.6 Å². The van der Waals surface area contributed by atoms with Crippen LogP contribution in [0.15, 0.2) is 35.2 Å². The summed E-state index contributed by atoms with van der Waals surface area (Å²) in [6, 6.07) is 6.80. The zero-order valence-corrected chi connectivity index (χ0v) is 19.8. The van der Waals surface area contributed by atoms with E-state index in [2.05, 4.69) is 21.4 Å². The number of anilines is 1. The van der Waals surface area contributed by atoms with Crippen LogP contribution < -0.4 is 9.46 Å². The average molecular weight is 490 g/mol. The highest BCUT2D eigenvalue weighted by Crippen LogP contribution is 2.55. The molecule has 10 heteroatoms. The normalized spacial score (nSPS) is 22.4. The minimum atomic E-state index is -4.19. The first-order valence-electron chi connectivity index (χ1n) is 11.6. The minimum absolute atomic E-state index is 0.0582. The third-order valence-electron chi connectivity index (χ3n) is 7.03. The Labute approximate surface area is 198 Å². The maximum absolute atomic E-state index is 14.1. The second kappa shape index (κ2) is 8.83. The quantitative estimate of drug-likeness (QED) is 0.617. The van der Waals surface area contributed by atoms with E-state index in [1.165, 1.54) is 18.2 Å². The molecule has 0 amide bonds. The number of likely N-dealkylation sites (N-methyl/N-ethyl adjacent to an activating group) is 1. The number of ether oxygens (including phenoxy) is 1. The average Bonchev–Trinajstić information content (AvgIpc) is 3.59. The van der Waals surface area contributed by atoms with Crippen molar-refractivity contribution in [3.05, 3.63) is 52.8 Å². The van der Waals surface area contributed by atoms with E-state index in [9.17, 15) is 22.7 Å². The number of halogens is 1. The molecular weight excluding hydrogens is 461 g/mol. The monoisotopic (exact) mass is 489 g/mol. The Morgan fingerprint density at radius 2 is 1.91 bits per heavy atom. The van der Waals surface area contributed by atoms with E-state index >= 15 is 0 Å². The van der Waals surface area contributed by atoms with Gasteiger partial charge in [-0.1, -0.05) is 13.0 Å². The highest BCUT2D eigenvalue weighted by Gasteiger charge is 2.45. The highest BCUT2D eigenvalue weighted by atomic mass is 32.2. The lowest BCUT2D eigenvalue weighted by Gasteiger charge is -2.34. The Hall–Kier alpha value is -2.69. The fourth-order valence-electron chi connectivity index (χ4n) is 4.98. The first-order valence-corrected chi connectivity index (χ1v) is 13.0. The van der Waals surface area contributed by atoms with Crippen molar-refractivity contribution >= 4 is 21.7 Å². The van der Waals surface area contributed by atoms with Gasteiger partial charge in [0.15, 0.2) is 0 Å². The first-order chi connectivity index (χ1) is 16.3. The number of rotatable bonds is 7. The molecule has 2 atom stereocenters. The number of nitrogens with zero attached hydrogens (tertiary/aromatic N) is 2. The van der Waals surface area contributed by atoms with E-state index in [1.807, 2.05) is 0 Å². The number of hydrogen-bond acceptors (Lipinski definition) is 6. The molecule has 0 radical (unpaired) electrons. The molecule has 34 heavy (non-hydrogen) atoms. The van der Waals surface area contributed by atoms with Gasteiger partial charge in [-0.05, 0) is 54.3 Å². The van der Waals surface area contributed by atoms with E-state index in [0.717, 1.165) is 50.8 Å². The predicted octanol–water partition coefficient (Wildman–Crippen LogP) is 2.96. The molecule has 182 valence electrons. The first kappa shape index (κ1) is 23.1. The molecule has 2 aromatic carbocycles. The lowest BCUT2D eigenvalue weighted by Crippen LogP contribution is -2.45. The van der Waals surface area contributed by atoms with Crippen molar-refractivity contribution in [2.24, 2.45) is 5.92 Å². The molecule has 1 aliphatic carbocycles. The van der Waals surface area contributed by atoms with E-state index in [0.29, 0.717) is 18.1 Å². The molecule has 1 saturated heterocycles. The third-order valence-corrected chi connectivity index (χ3v) is 8.49. The minimum Gasteiger partial charge on any atom is -0.492 e. The summed E-state index contributed by atoms with van der Waals surface area (Å²) < 4.78 is 49.0. The smallest absolute Gasteiger partial charge is 0.341 e. The van der Waals surface area contributed by atoms with Crippen LogP contribution in [0.5, 0.6) is 5.75 Å². The van der Waals surface area contributed by atoms with Crippen molar-refractivity contribution < 1.29 is 27.4 Å². The summed E-state index contributed by atoms with van der Waals surface area (Å²) in [6.07, 6.45) is 0.947. The summed E-state index contributed by atoms with van der Waals surface area (Å²) in [5.74, 6) is -0.878. The number of benzene rings is 2. The second-order valence-corrected chi connectivity index (χ2v) is 10.8. The molecule has 5 rings (SSSR count). The van der Waals surface area contributed by atoms with Gasteiger partial charge in [-0.15, -0.1) is 0 Å². The van der Waals surface area contributed by atoms with E-state index in [1.54, 1.807) is 6.07 Å². The number of fused-ring (bicyclic) bond motifs is 3. The Morgan fingerprint density at radius 3 is 2.62 bits per heavy atom. The van der Waals surface area contributed by atoms with Crippen LogP contribution in [0.25, 0.3) is 0 Å². The van der Waals surface area contributed by atoms with Gasteiger partial charge in [-0.25, -0.2) is 17.6 Å². The van der Waals surface area contributed by atoms with Gasteiger partial charge in [0.2, 0.25) is 0 Å². The molecule has 2 heterocycles. The molecule has 2 aliphatic heterocycles. The fraction of sp³-hybridized carbons (Fsp3) is 0.458. The molecular formula is C24H28FN3O5S. The second-order valence-electron chi connectivity index (χ2n) is 9.19. The molecule has 0 aromatic heterocycles. The zero-order valence-electron chi connectivity index (χ0n) is 19.0. The van der Waals surface area contributed by atoms with Crippen LogP contribution in [0.1, 0.15) is 40.7 Å². The van der Waals surface area contributed by atoms with Gasteiger partial charge >= 0.3 is 5.97 Å². The van der Waals surface area contributed by atoms with Gasteiger partial charge in [0, 0.05) is 38.6 Å². The summed E-state index contributed by atoms with van der Waals surface area (Å²) in [5, 5.41) is 9.86. The van der Waals surface area contributed by atoms with Gasteiger partial charge in [-0.3, -0.25) is 9.62 Å². The van der Waals surface area contributed by atoms with Gasteiger partial charge < -0.3 is 14.7 Å². The number of carboxylic acids is 1. The summed E-state index contributed by atoms with van der Waals surface area (Å²) in [4.78, 5) is 16.4. The van der Waals surface area contributed by atoms with Gasteiger partial charge in [-0.2, -0.15) is 0 Å². The molecule has 2 N–H and O–H groups in total. The Morgan fingerprint density at radius 1 is 1.18 bits per heavy atom. The number of nitrogens with one attached hydrogen (secondary N) is 1. The Balaban J connectivity index is 1.44. The van der Waals surface area contributed by atoms with Gasteiger partial charge in [0.25, 0.3) is 10.0 Å². The Kier molecular flexibility index (Phi) is 5.99. The standard InChI is InChI=1S/C24H28FN3O5S/c1-2-27-7-9-28(10-8-27)13-15-11-17(25)3-6-21(15)34(31,32)26-20-5-4-18-19-12-16(19)14-33-23(18)22(20)24(29)30/h3-6,11,16,19,26H,2,7-10,12-14H2,1H3,(H,29,30). The number of piperazine rings is 1. The largest absolute Gasteiger partial charge is 0.492 e. The van der Waals surface area contributed by atoms with Crippen molar-refractivity contribution in [3.8, 4) is 5.75 Å².